The van der Waals surface area contributed by atoms with E-state index in [-0.39, 0.29) is 17.7 Å². The third-order valence-corrected chi connectivity index (χ3v) is 4.60. The van der Waals surface area contributed by atoms with Crippen LogP contribution in [0, 0.1) is 19.8 Å². The Morgan fingerprint density at radius 3 is 2.36 bits per heavy atom. The molecular formula is C16H17N3O2S. The molecular weight excluding hydrogens is 298 g/mol. The van der Waals surface area contributed by atoms with Gasteiger partial charge in [0.1, 0.15) is 0 Å². The molecule has 1 aliphatic carbocycles. The van der Waals surface area contributed by atoms with Crippen LogP contribution in [0.4, 0.5) is 10.8 Å². The highest BCUT2D eigenvalue weighted by atomic mass is 32.1. The summed E-state index contributed by atoms with van der Waals surface area (Å²) in [6.07, 6.45) is 1.94. The average molecular weight is 315 g/mol. The molecule has 0 aliphatic heterocycles. The molecule has 1 fully saturated rings. The fourth-order valence-corrected chi connectivity index (χ4v) is 2.80. The molecule has 3 rings (SSSR count). The van der Waals surface area contributed by atoms with Gasteiger partial charge >= 0.3 is 0 Å². The van der Waals surface area contributed by atoms with Gasteiger partial charge in [-0.2, -0.15) is 0 Å². The third-order valence-electron chi connectivity index (χ3n) is 3.61. The molecule has 1 aliphatic rings. The Morgan fingerprint density at radius 2 is 1.82 bits per heavy atom. The number of aromatic nitrogens is 1. The summed E-state index contributed by atoms with van der Waals surface area (Å²) in [7, 11) is 0. The quantitative estimate of drug-likeness (QED) is 0.909. The van der Waals surface area contributed by atoms with Gasteiger partial charge in [-0.1, -0.05) is 0 Å². The largest absolute Gasteiger partial charge is 0.326 e. The second-order valence-corrected chi connectivity index (χ2v) is 6.66. The lowest BCUT2D eigenvalue weighted by Gasteiger charge is -2.06. The third kappa shape index (κ3) is 3.33. The van der Waals surface area contributed by atoms with Gasteiger partial charge in [-0.05, 0) is 51.0 Å². The maximum atomic E-state index is 12.2. The molecule has 2 aromatic rings. The van der Waals surface area contributed by atoms with E-state index < -0.39 is 0 Å². The molecule has 0 bridgehead atoms. The minimum absolute atomic E-state index is 0.0611. The zero-order valence-corrected chi connectivity index (χ0v) is 13.3. The van der Waals surface area contributed by atoms with Crippen LogP contribution in [-0.4, -0.2) is 16.8 Å². The van der Waals surface area contributed by atoms with Crippen LogP contribution >= 0.6 is 11.3 Å². The van der Waals surface area contributed by atoms with Gasteiger partial charge in [0.2, 0.25) is 5.91 Å². The second kappa shape index (κ2) is 5.88. The lowest BCUT2D eigenvalue weighted by molar-refractivity contribution is -0.117. The Kier molecular flexibility index (Phi) is 3.94. The molecule has 2 N–H and O–H groups in total. The van der Waals surface area contributed by atoms with Crippen molar-refractivity contribution in [3.05, 3.63) is 40.4 Å². The van der Waals surface area contributed by atoms with Crippen LogP contribution in [0.1, 0.15) is 33.8 Å². The number of anilines is 2. The second-order valence-electron chi connectivity index (χ2n) is 5.46. The van der Waals surface area contributed by atoms with E-state index in [0.29, 0.717) is 10.7 Å². The molecule has 6 heteroatoms. The lowest BCUT2D eigenvalue weighted by atomic mass is 10.2. The fraction of sp³-hybridized carbons (Fsp3) is 0.312. The Balaban J connectivity index is 1.63. The number of carbonyl (C=O) groups is 2. The maximum Gasteiger partial charge on any atom is 0.257 e. The number of thiazole rings is 1. The van der Waals surface area contributed by atoms with Gasteiger partial charge in [0.05, 0.1) is 5.69 Å². The maximum absolute atomic E-state index is 12.2. The van der Waals surface area contributed by atoms with Crippen molar-refractivity contribution >= 4 is 34.0 Å². The van der Waals surface area contributed by atoms with Crippen LogP contribution in [0.3, 0.4) is 0 Å². The van der Waals surface area contributed by atoms with Crippen molar-refractivity contribution in [1.29, 1.82) is 0 Å². The number of hydrogen-bond donors (Lipinski definition) is 2. The summed E-state index contributed by atoms with van der Waals surface area (Å²) in [5.41, 5.74) is 2.18. The predicted octanol–water partition coefficient (Wildman–Crippen LogP) is 3.36. The van der Waals surface area contributed by atoms with Crippen molar-refractivity contribution in [2.75, 3.05) is 10.6 Å². The number of nitrogens with one attached hydrogen (secondary N) is 2. The molecule has 2 amide bonds. The van der Waals surface area contributed by atoms with Crippen LogP contribution in [0.5, 0.6) is 0 Å². The summed E-state index contributed by atoms with van der Waals surface area (Å²) in [6, 6.07) is 6.89. The number of amides is 2. The first-order valence-corrected chi connectivity index (χ1v) is 8.01. The molecule has 22 heavy (non-hydrogen) atoms. The topological polar surface area (TPSA) is 71.1 Å². The zero-order chi connectivity index (χ0) is 15.7. The van der Waals surface area contributed by atoms with E-state index in [0.717, 1.165) is 29.1 Å². The van der Waals surface area contributed by atoms with E-state index in [9.17, 15) is 9.59 Å². The van der Waals surface area contributed by atoms with Gasteiger partial charge in [0, 0.05) is 22.0 Å². The molecule has 1 heterocycles. The van der Waals surface area contributed by atoms with Crippen LogP contribution in [0.15, 0.2) is 24.3 Å². The SMILES string of the molecule is Cc1nc(NC(=O)c2ccc(NC(=O)C3CC3)cc2)sc1C. The van der Waals surface area contributed by atoms with Crippen LogP contribution in [0.25, 0.3) is 0 Å². The monoisotopic (exact) mass is 315 g/mol. The fourth-order valence-electron chi connectivity index (χ4n) is 1.99. The van der Waals surface area contributed by atoms with E-state index in [2.05, 4.69) is 15.6 Å². The standard InChI is InChI=1S/C16H17N3O2S/c1-9-10(2)22-16(17-9)19-15(21)12-5-7-13(8-6-12)18-14(20)11-3-4-11/h5-8,11H,3-4H2,1-2H3,(H,18,20)(H,17,19,21). The number of rotatable bonds is 4. The van der Waals surface area contributed by atoms with Crippen LogP contribution in [-0.2, 0) is 4.79 Å². The van der Waals surface area contributed by atoms with Crippen LogP contribution in [0.2, 0.25) is 0 Å². The average Bonchev–Trinajstić information content (AvgIpc) is 3.28. The summed E-state index contributed by atoms with van der Waals surface area (Å²) < 4.78 is 0. The first-order valence-electron chi connectivity index (χ1n) is 7.19. The van der Waals surface area contributed by atoms with Crippen molar-refractivity contribution < 1.29 is 9.59 Å². The summed E-state index contributed by atoms with van der Waals surface area (Å²) >= 11 is 1.46. The number of nitrogens with zero attached hydrogens (tertiary/aromatic N) is 1. The summed E-state index contributed by atoms with van der Waals surface area (Å²) in [4.78, 5) is 29.2. The molecule has 114 valence electrons. The Morgan fingerprint density at radius 1 is 1.14 bits per heavy atom. The Hall–Kier alpha value is -2.21. The lowest BCUT2D eigenvalue weighted by Crippen LogP contribution is -2.14. The first kappa shape index (κ1) is 14.7. The number of aryl methyl sites for hydroxylation is 2. The minimum Gasteiger partial charge on any atom is -0.326 e. The molecule has 0 saturated heterocycles. The molecule has 0 unspecified atom stereocenters. The van der Waals surface area contributed by atoms with E-state index in [1.807, 2.05) is 13.8 Å². The predicted molar refractivity (Wildman–Crippen MR) is 87.3 cm³/mol. The Labute approximate surface area is 132 Å². The van der Waals surface area contributed by atoms with Gasteiger partial charge in [-0.25, -0.2) is 4.98 Å². The van der Waals surface area contributed by atoms with E-state index in [4.69, 9.17) is 0 Å². The molecule has 1 aromatic carbocycles. The number of benzene rings is 1. The summed E-state index contributed by atoms with van der Waals surface area (Å²) in [6.45, 7) is 3.89. The zero-order valence-electron chi connectivity index (χ0n) is 12.5. The normalized spacial score (nSPS) is 13.7. The molecule has 5 nitrogen and oxygen atoms in total. The first-order chi connectivity index (χ1) is 10.5. The van der Waals surface area contributed by atoms with Gasteiger partial charge in [-0.15, -0.1) is 11.3 Å². The summed E-state index contributed by atoms with van der Waals surface area (Å²) in [5.74, 6) is 0.0270. The van der Waals surface area contributed by atoms with E-state index in [1.165, 1.54) is 11.3 Å². The minimum atomic E-state index is -0.200. The van der Waals surface area contributed by atoms with E-state index >= 15 is 0 Å². The van der Waals surface area contributed by atoms with Gasteiger partial charge in [0.25, 0.3) is 5.91 Å². The molecule has 1 saturated carbocycles. The smallest absolute Gasteiger partial charge is 0.257 e. The number of carbonyl (C=O) groups excluding carboxylic acids is 2. The number of hydrogen-bond acceptors (Lipinski definition) is 4. The summed E-state index contributed by atoms with van der Waals surface area (Å²) in [5, 5.41) is 6.24. The van der Waals surface area contributed by atoms with Crippen molar-refractivity contribution in [3.63, 3.8) is 0 Å². The highest BCUT2D eigenvalue weighted by Gasteiger charge is 2.29. The molecule has 1 aromatic heterocycles. The van der Waals surface area contributed by atoms with Crippen LogP contribution < -0.4 is 10.6 Å². The van der Waals surface area contributed by atoms with Crippen molar-refractivity contribution in [3.8, 4) is 0 Å². The van der Waals surface area contributed by atoms with Crippen molar-refractivity contribution in [2.24, 2.45) is 5.92 Å². The molecule has 0 radical (unpaired) electrons. The highest BCUT2D eigenvalue weighted by molar-refractivity contribution is 7.15. The molecule has 0 spiro atoms. The van der Waals surface area contributed by atoms with Crippen molar-refractivity contribution in [1.82, 2.24) is 4.98 Å². The highest BCUT2D eigenvalue weighted by Crippen LogP contribution is 2.30. The van der Waals surface area contributed by atoms with Gasteiger partial charge < -0.3 is 5.32 Å². The van der Waals surface area contributed by atoms with Gasteiger partial charge in [0.15, 0.2) is 5.13 Å². The van der Waals surface area contributed by atoms with Gasteiger partial charge in [-0.3, -0.25) is 14.9 Å². The molecule has 0 atom stereocenters. The Bertz CT molecular complexity index is 698. The van der Waals surface area contributed by atoms with E-state index in [1.54, 1.807) is 24.3 Å². The van der Waals surface area contributed by atoms with Crippen molar-refractivity contribution in [2.45, 2.75) is 26.7 Å².